The van der Waals surface area contributed by atoms with Gasteiger partial charge in [0.1, 0.15) is 63.9 Å². The van der Waals surface area contributed by atoms with Gasteiger partial charge in [-0.2, -0.15) is 21.0 Å². The Bertz CT molecular complexity index is 5850. The van der Waals surface area contributed by atoms with E-state index < -0.39 is 29.1 Å². The SMILES string of the molecule is Fc1cc(Oc2cccnc2)cc(-n2nnc(-c3ncc[nH]3)n2)c1.N#Cc1cc(F)cc(-n2nnc(-c3ccc(Br)cn3)n2)c1.N#Cc1cc(F)cc(-n2nnc(-c3ncccc3F)n2)c1.N#Cc1cc(F)cc(-n2nnc(-c3ncco3)n2)c1.N#Cc1cccc(-n2nnc(-c3ccc(O)cn3)n2)c1. The molecule has 105 heavy (non-hydrogen) atoms. The summed E-state index contributed by atoms with van der Waals surface area (Å²) in [5, 5.41) is 103. The van der Waals surface area contributed by atoms with E-state index in [2.05, 4.69) is 134 Å². The van der Waals surface area contributed by atoms with Crippen LogP contribution in [0.1, 0.15) is 22.3 Å². The summed E-state index contributed by atoms with van der Waals surface area (Å²) < 4.78 is 79.0. The fourth-order valence-electron chi connectivity index (χ4n) is 8.63. The van der Waals surface area contributed by atoms with Crippen LogP contribution in [0.15, 0.2) is 210 Å². The summed E-state index contributed by atoms with van der Waals surface area (Å²) in [5.74, 6) is -0.111. The molecule has 510 valence electrons. The number of halogens is 6. The van der Waals surface area contributed by atoms with E-state index in [4.69, 9.17) is 30.2 Å². The average Bonchev–Trinajstić information content (AvgIpc) is 1.72. The number of benzene rings is 5. The number of H-pyrrole nitrogens is 1. The molecule has 0 unspecified atom stereocenters. The van der Waals surface area contributed by atoms with Crippen molar-refractivity contribution < 1.29 is 36.2 Å². The number of aromatic hydroxyl groups is 1. The van der Waals surface area contributed by atoms with E-state index in [0.717, 1.165) is 43.1 Å². The lowest BCUT2D eigenvalue weighted by Gasteiger charge is -2.07. The molecular formula is C65H35BrF5N31O3. The topological polar surface area (TPSA) is 449 Å². The summed E-state index contributed by atoms with van der Waals surface area (Å²) in [6, 6.07) is 42.6. The molecule has 0 fully saturated rings. The highest BCUT2D eigenvalue weighted by Gasteiger charge is 2.18. The average molecular weight is 1470 g/mol. The zero-order valence-electron chi connectivity index (χ0n) is 52.5. The highest BCUT2D eigenvalue weighted by atomic mass is 79.9. The van der Waals surface area contributed by atoms with Gasteiger partial charge in [0.2, 0.25) is 23.3 Å². The van der Waals surface area contributed by atoms with Gasteiger partial charge in [-0.05, 0) is 145 Å². The molecule has 16 aromatic rings. The molecule has 16 rings (SSSR count). The molecule has 11 heterocycles. The van der Waals surface area contributed by atoms with Crippen molar-refractivity contribution in [2.24, 2.45) is 0 Å². The van der Waals surface area contributed by atoms with Gasteiger partial charge < -0.3 is 19.2 Å². The minimum atomic E-state index is -0.605. The van der Waals surface area contributed by atoms with E-state index in [1.807, 2.05) is 18.2 Å². The molecule has 0 aliphatic carbocycles. The van der Waals surface area contributed by atoms with Gasteiger partial charge in [0, 0.05) is 71.9 Å². The molecule has 0 saturated heterocycles. The summed E-state index contributed by atoms with van der Waals surface area (Å²) in [6.45, 7) is 0. The minimum absolute atomic E-state index is 0.0316. The maximum atomic E-state index is 13.9. The van der Waals surface area contributed by atoms with Gasteiger partial charge in [-0.1, -0.05) is 6.07 Å². The number of nitrogens with zero attached hydrogens (tertiary/aromatic N) is 30. The first kappa shape index (κ1) is 69.1. The Labute approximate surface area is 591 Å². The summed E-state index contributed by atoms with van der Waals surface area (Å²) in [4.78, 5) is 32.5. The zero-order chi connectivity index (χ0) is 73.2. The summed E-state index contributed by atoms with van der Waals surface area (Å²) in [6.07, 6.45) is 13.5. The Morgan fingerprint density at radius 1 is 0.429 bits per heavy atom. The van der Waals surface area contributed by atoms with Crippen LogP contribution < -0.4 is 4.74 Å². The third kappa shape index (κ3) is 17.7. The summed E-state index contributed by atoms with van der Waals surface area (Å²) >= 11 is 3.29. The molecule has 34 nitrogen and oxygen atoms in total. The lowest BCUT2D eigenvalue weighted by Crippen LogP contribution is -2.00. The second-order valence-corrected chi connectivity index (χ2v) is 21.3. The Balaban J connectivity index is 0.000000123. The number of aromatic amines is 1. The van der Waals surface area contributed by atoms with Crippen molar-refractivity contribution in [1.29, 1.82) is 21.0 Å². The molecule has 0 bridgehead atoms. The van der Waals surface area contributed by atoms with Crippen LogP contribution in [0.3, 0.4) is 0 Å². The molecule has 5 aromatic carbocycles. The van der Waals surface area contributed by atoms with E-state index >= 15 is 0 Å². The standard InChI is InChI=1S/C15H10FN7O.C13H6BrFN6.C13H6F2N6.C13H8N6O.C11H5FN6O/c16-10-6-11(8-13(7-10)24-12-2-1-3-17-9-12)23-21-15(20-22-23)14-18-4-5-19-14;14-9-1-2-12(17-7-9)13-18-20-21(19-13)11-4-8(6-16)3-10(15)5-11;14-9-4-8(7-16)5-10(6-9)21-19-13(18-20-21)12-11(15)2-1-3-17-12;14-7-9-2-1-3-10(6-9)19-17-13(16-18-19)12-5-4-11(20)8-15-12;12-8-3-7(6-13)4-9(5-8)18-16-10(15-17-18)11-14-1-2-19-11/h1-9H,(H,18,19);1-5,7H;1-6H;1-6,8,20H;1-5H. The third-order valence-corrected chi connectivity index (χ3v) is 13.7. The molecule has 0 aliphatic heterocycles. The van der Waals surface area contributed by atoms with Crippen LogP contribution in [0, 0.1) is 74.4 Å². The number of oxazole rings is 1. The number of rotatable bonds is 12. The summed E-state index contributed by atoms with van der Waals surface area (Å²) in [7, 11) is 0. The predicted molar refractivity (Wildman–Crippen MR) is 351 cm³/mol. The van der Waals surface area contributed by atoms with Crippen LogP contribution in [0.2, 0.25) is 0 Å². The van der Waals surface area contributed by atoms with Crippen molar-refractivity contribution in [3.8, 4) is 128 Å². The Morgan fingerprint density at radius 3 is 1.47 bits per heavy atom. The lowest BCUT2D eigenvalue weighted by molar-refractivity contribution is 0.472. The van der Waals surface area contributed by atoms with E-state index in [-0.39, 0.29) is 51.4 Å². The normalized spacial score (nSPS) is 10.4. The Kier molecular flexibility index (Phi) is 21.2. The Morgan fingerprint density at radius 2 is 0.943 bits per heavy atom. The molecule has 40 heteroatoms. The smallest absolute Gasteiger partial charge is 0.268 e. The second kappa shape index (κ2) is 32.2. The fraction of sp³-hybridized carbons (Fsp3) is 0. The van der Waals surface area contributed by atoms with Crippen molar-refractivity contribution in [3.05, 3.63) is 257 Å². The fourth-order valence-corrected chi connectivity index (χ4v) is 8.86. The summed E-state index contributed by atoms with van der Waals surface area (Å²) in [5.41, 5.74) is 3.83. The minimum Gasteiger partial charge on any atom is -0.506 e. The predicted octanol–water partition coefficient (Wildman–Crippen LogP) is 9.38. The van der Waals surface area contributed by atoms with Gasteiger partial charge in [0.05, 0.1) is 93.6 Å². The van der Waals surface area contributed by atoms with Crippen molar-refractivity contribution in [1.82, 2.24) is 136 Å². The number of ether oxygens (including phenoxy) is 1. The number of hydrogen-bond acceptors (Lipinski definition) is 28. The number of tetrazole rings is 5. The number of imidazole rings is 1. The van der Waals surface area contributed by atoms with Gasteiger partial charge in [0.15, 0.2) is 11.6 Å². The molecule has 0 aliphatic rings. The largest absolute Gasteiger partial charge is 0.506 e. The van der Waals surface area contributed by atoms with Crippen LogP contribution in [-0.2, 0) is 0 Å². The lowest BCUT2D eigenvalue weighted by atomic mass is 10.2. The first-order chi connectivity index (χ1) is 51.1. The number of hydrogen-bond donors (Lipinski definition) is 2. The van der Waals surface area contributed by atoms with Gasteiger partial charge in [0.25, 0.3) is 11.7 Å². The molecular weight excluding hydrogens is 1440 g/mol. The Hall–Kier alpha value is -15.8. The van der Waals surface area contributed by atoms with Gasteiger partial charge in [-0.3, -0.25) is 9.97 Å². The third-order valence-electron chi connectivity index (χ3n) is 13.2. The highest BCUT2D eigenvalue weighted by Crippen LogP contribution is 2.26. The molecule has 0 radical (unpaired) electrons. The monoisotopic (exact) mass is 1470 g/mol. The van der Waals surface area contributed by atoms with E-state index in [9.17, 15) is 27.1 Å². The van der Waals surface area contributed by atoms with Gasteiger partial charge in [-0.25, -0.2) is 41.9 Å². The molecule has 0 atom stereocenters. The van der Waals surface area contributed by atoms with Crippen LogP contribution in [0.5, 0.6) is 17.2 Å². The maximum absolute atomic E-state index is 13.9. The van der Waals surface area contributed by atoms with Crippen LogP contribution in [-0.4, -0.2) is 141 Å². The van der Waals surface area contributed by atoms with Crippen LogP contribution in [0.4, 0.5) is 22.0 Å². The zero-order valence-corrected chi connectivity index (χ0v) is 54.1. The first-order valence-electron chi connectivity index (χ1n) is 29.4. The van der Waals surface area contributed by atoms with Crippen LogP contribution >= 0.6 is 15.9 Å². The quantitative estimate of drug-likeness (QED) is 0.107. The molecule has 2 N–H and O–H groups in total. The van der Waals surface area contributed by atoms with Crippen molar-refractivity contribution >= 4 is 15.9 Å². The first-order valence-corrected chi connectivity index (χ1v) is 30.2. The molecule has 0 spiro atoms. The van der Waals surface area contributed by atoms with Crippen molar-refractivity contribution in [2.45, 2.75) is 0 Å². The number of nitriles is 4. The maximum Gasteiger partial charge on any atom is 0.268 e. The van der Waals surface area contributed by atoms with E-state index in [0.29, 0.717) is 74.5 Å². The van der Waals surface area contributed by atoms with Crippen molar-refractivity contribution in [3.63, 3.8) is 0 Å². The second-order valence-electron chi connectivity index (χ2n) is 20.4. The van der Waals surface area contributed by atoms with E-state index in [1.54, 1.807) is 85.5 Å². The number of pyridine rings is 4. The van der Waals surface area contributed by atoms with Crippen molar-refractivity contribution in [2.75, 3.05) is 0 Å². The van der Waals surface area contributed by atoms with E-state index in [1.165, 1.54) is 101 Å². The highest BCUT2D eigenvalue weighted by molar-refractivity contribution is 9.10. The molecule has 0 amide bonds. The van der Waals surface area contributed by atoms with Gasteiger partial charge in [-0.15, -0.1) is 75.0 Å². The molecule has 0 saturated carbocycles. The van der Waals surface area contributed by atoms with Gasteiger partial charge >= 0.3 is 0 Å². The molecule has 11 aromatic heterocycles. The van der Waals surface area contributed by atoms with Crippen LogP contribution in [0.25, 0.3) is 86.4 Å². The number of aromatic nitrogens is 27. The number of nitrogens with one attached hydrogen (secondary N) is 1.